The van der Waals surface area contributed by atoms with Gasteiger partial charge in [-0.25, -0.2) is 0 Å². The van der Waals surface area contributed by atoms with Crippen molar-refractivity contribution in [1.29, 1.82) is 0 Å². The topological polar surface area (TPSA) is 46.3 Å². The molecule has 5 heteroatoms. The molecule has 0 aliphatic carbocycles. The van der Waals surface area contributed by atoms with Crippen molar-refractivity contribution in [3.8, 4) is 0 Å². The highest BCUT2D eigenvalue weighted by atomic mass is 35.5. The van der Waals surface area contributed by atoms with Crippen LogP contribution in [0.4, 0.5) is 0 Å². The number of likely N-dealkylation sites (tertiary alicyclic amines) is 1. The largest absolute Gasteiger partial charge is 0.339 e. The standard InChI is InChI=1S/C21H22Cl2N2O/c22-19-6-4-17(20(23)13-19)5-7-21(26)25-10-8-16(9-11-25)18-3-1-2-15(12-18)14-24/h1-7,12-13,16H,8-11,14,24H2/b7-5+. The minimum absolute atomic E-state index is 0.0187. The minimum atomic E-state index is 0.0187. The number of carbonyl (C=O) groups excluding carboxylic acids is 1. The maximum Gasteiger partial charge on any atom is 0.246 e. The molecule has 0 bridgehead atoms. The van der Waals surface area contributed by atoms with E-state index >= 15 is 0 Å². The lowest BCUT2D eigenvalue weighted by Crippen LogP contribution is -2.36. The normalized spacial score (nSPS) is 15.6. The Labute approximate surface area is 164 Å². The molecule has 2 N–H and O–H groups in total. The average Bonchev–Trinajstić information content (AvgIpc) is 2.67. The van der Waals surface area contributed by atoms with Crippen molar-refractivity contribution in [2.75, 3.05) is 13.1 Å². The van der Waals surface area contributed by atoms with E-state index in [1.165, 1.54) is 5.56 Å². The van der Waals surface area contributed by atoms with Crippen LogP contribution < -0.4 is 5.73 Å². The number of carbonyl (C=O) groups is 1. The average molecular weight is 389 g/mol. The first-order valence-electron chi connectivity index (χ1n) is 8.78. The minimum Gasteiger partial charge on any atom is -0.339 e. The summed E-state index contributed by atoms with van der Waals surface area (Å²) in [7, 11) is 0. The molecule has 0 radical (unpaired) electrons. The molecule has 1 amide bonds. The number of amides is 1. The maximum atomic E-state index is 12.4. The first kappa shape index (κ1) is 19.0. The fraction of sp³-hybridized carbons (Fsp3) is 0.286. The lowest BCUT2D eigenvalue weighted by atomic mass is 9.88. The number of nitrogens with zero attached hydrogens (tertiary/aromatic N) is 1. The maximum absolute atomic E-state index is 12.4. The fourth-order valence-corrected chi connectivity index (χ4v) is 3.78. The van der Waals surface area contributed by atoms with Gasteiger partial charge in [0.2, 0.25) is 5.91 Å². The zero-order valence-corrected chi connectivity index (χ0v) is 16.0. The lowest BCUT2D eigenvalue weighted by Gasteiger charge is -2.31. The van der Waals surface area contributed by atoms with Gasteiger partial charge >= 0.3 is 0 Å². The van der Waals surface area contributed by atoms with Crippen LogP contribution in [0.3, 0.4) is 0 Å². The number of benzene rings is 2. The summed E-state index contributed by atoms with van der Waals surface area (Å²) in [4.78, 5) is 14.3. The number of rotatable bonds is 4. The van der Waals surface area contributed by atoms with Crippen molar-refractivity contribution in [1.82, 2.24) is 4.90 Å². The Morgan fingerprint density at radius 1 is 1.15 bits per heavy atom. The summed E-state index contributed by atoms with van der Waals surface area (Å²) in [6, 6.07) is 13.7. The Hall–Kier alpha value is -1.81. The molecule has 1 aliphatic rings. The SMILES string of the molecule is NCc1cccc(C2CCN(C(=O)/C=C/c3ccc(Cl)cc3Cl)CC2)c1. The summed E-state index contributed by atoms with van der Waals surface area (Å²) >= 11 is 12.0. The predicted octanol–water partition coefficient (Wildman–Crippen LogP) is 4.87. The number of hydrogen-bond donors (Lipinski definition) is 1. The second kappa shape index (κ2) is 8.72. The molecule has 1 aliphatic heterocycles. The molecule has 3 rings (SSSR count). The van der Waals surface area contributed by atoms with Gasteiger partial charge in [0.15, 0.2) is 0 Å². The number of halogens is 2. The fourth-order valence-electron chi connectivity index (χ4n) is 3.31. The second-order valence-corrected chi connectivity index (χ2v) is 7.39. The van der Waals surface area contributed by atoms with Crippen molar-refractivity contribution in [3.05, 3.63) is 75.3 Å². The third kappa shape index (κ3) is 4.67. The van der Waals surface area contributed by atoms with E-state index in [0.717, 1.165) is 37.1 Å². The monoisotopic (exact) mass is 388 g/mol. The molecule has 2 aromatic carbocycles. The summed E-state index contributed by atoms with van der Waals surface area (Å²) in [6.45, 7) is 2.08. The van der Waals surface area contributed by atoms with Gasteiger partial charge < -0.3 is 10.6 Å². The highest BCUT2D eigenvalue weighted by Crippen LogP contribution is 2.29. The summed E-state index contributed by atoms with van der Waals surface area (Å²) < 4.78 is 0. The molecule has 136 valence electrons. The molecule has 0 saturated carbocycles. The van der Waals surface area contributed by atoms with E-state index in [4.69, 9.17) is 28.9 Å². The van der Waals surface area contributed by atoms with E-state index in [2.05, 4.69) is 24.3 Å². The van der Waals surface area contributed by atoms with E-state index in [9.17, 15) is 4.79 Å². The van der Waals surface area contributed by atoms with Crippen LogP contribution in [0.25, 0.3) is 6.08 Å². The molecule has 26 heavy (non-hydrogen) atoms. The molecule has 0 spiro atoms. The Bertz CT molecular complexity index is 811. The first-order valence-corrected chi connectivity index (χ1v) is 9.53. The van der Waals surface area contributed by atoms with E-state index in [-0.39, 0.29) is 5.91 Å². The molecule has 1 fully saturated rings. The smallest absolute Gasteiger partial charge is 0.246 e. The number of nitrogens with two attached hydrogens (primary N) is 1. The van der Waals surface area contributed by atoms with Crippen molar-refractivity contribution >= 4 is 35.2 Å². The van der Waals surface area contributed by atoms with Gasteiger partial charge in [-0.15, -0.1) is 0 Å². The zero-order valence-electron chi connectivity index (χ0n) is 14.5. The van der Waals surface area contributed by atoms with Crippen molar-refractivity contribution in [2.45, 2.75) is 25.3 Å². The molecular formula is C21H22Cl2N2O. The van der Waals surface area contributed by atoms with Crippen molar-refractivity contribution < 1.29 is 4.79 Å². The molecule has 0 atom stereocenters. The van der Waals surface area contributed by atoms with Crippen LogP contribution >= 0.6 is 23.2 Å². The molecule has 3 nitrogen and oxygen atoms in total. The Morgan fingerprint density at radius 3 is 2.62 bits per heavy atom. The number of hydrogen-bond acceptors (Lipinski definition) is 2. The van der Waals surface area contributed by atoms with Gasteiger partial charge in [0.1, 0.15) is 0 Å². The van der Waals surface area contributed by atoms with Crippen LogP contribution in [0.1, 0.15) is 35.4 Å². The molecule has 1 heterocycles. The van der Waals surface area contributed by atoms with Gasteiger partial charge in [-0.2, -0.15) is 0 Å². The van der Waals surface area contributed by atoms with Crippen LogP contribution in [0.2, 0.25) is 10.0 Å². The van der Waals surface area contributed by atoms with Crippen molar-refractivity contribution in [2.24, 2.45) is 5.73 Å². The third-order valence-electron chi connectivity index (χ3n) is 4.83. The van der Waals surface area contributed by atoms with Gasteiger partial charge in [-0.1, -0.05) is 53.5 Å². The number of piperidine rings is 1. The van der Waals surface area contributed by atoms with Crippen LogP contribution in [-0.4, -0.2) is 23.9 Å². The Kier molecular flexibility index (Phi) is 6.36. The van der Waals surface area contributed by atoms with Gasteiger partial charge in [0.25, 0.3) is 0 Å². The van der Waals surface area contributed by atoms with Gasteiger partial charge in [0.05, 0.1) is 0 Å². The van der Waals surface area contributed by atoms with E-state index in [1.807, 2.05) is 11.0 Å². The van der Waals surface area contributed by atoms with Gasteiger partial charge in [-0.05, 0) is 53.7 Å². The summed E-state index contributed by atoms with van der Waals surface area (Å²) in [5.41, 5.74) is 9.00. The highest BCUT2D eigenvalue weighted by Gasteiger charge is 2.22. The quantitative estimate of drug-likeness (QED) is 0.759. The molecule has 0 aromatic heterocycles. The van der Waals surface area contributed by atoms with Crippen LogP contribution in [0.15, 0.2) is 48.5 Å². The molecule has 1 saturated heterocycles. The third-order valence-corrected chi connectivity index (χ3v) is 5.40. The molecular weight excluding hydrogens is 367 g/mol. The van der Waals surface area contributed by atoms with Gasteiger partial charge in [0, 0.05) is 35.8 Å². The Morgan fingerprint density at radius 2 is 1.92 bits per heavy atom. The van der Waals surface area contributed by atoms with Gasteiger partial charge in [-0.3, -0.25) is 4.79 Å². The van der Waals surface area contributed by atoms with E-state index < -0.39 is 0 Å². The predicted molar refractivity (Wildman–Crippen MR) is 108 cm³/mol. The Balaban J connectivity index is 1.58. The summed E-state index contributed by atoms with van der Waals surface area (Å²) in [5, 5.41) is 1.12. The molecule has 2 aromatic rings. The van der Waals surface area contributed by atoms with E-state index in [0.29, 0.717) is 22.5 Å². The second-order valence-electron chi connectivity index (χ2n) is 6.55. The van der Waals surface area contributed by atoms with Crippen LogP contribution in [0.5, 0.6) is 0 Å². The van der Waals surface area contributed by atoms with Crippen LogP contribution in [0, 0.1) is 0 Å². The van der Waals surface area contributed by atoms with E-state index in [1.54, 1.807) is 24.3 Å². The van der Waals surface area contributed by atoms with Crippen molar-refractivity contribution in [3.63, 3.8) is 0 Å². The zero-order chi connectivity index (χ0) is 18.5. The highest BCUT2D eigenvalue weighted by molar-refractivity contribution is 6.35. The van der Waals surface area contributed by atoms with Crippen LogP contribution in [-0.2, 0) is 11.3 Å². The lowest BCUT2D eigenvalue weighted by molar-refractivity contribution is -0.126. The molecule has 0 unspecified atom stereocenters. The summed E-state index contributed by atoms with van der Waals surface area (Å²) in [6.07, 6.45) is 5.27. The summed E-state index contributed by atoms with van der Waals surface area (Å²) in [5.74, 6) is 0.505. The first-order chi connectivity index (χ1) is 12.6.